The van der Waals surface area contributed by atoms with Gasteiger partial charge in [0, 0.05) is 18.2 Å². The van der Waals surface area contributed by atoms with Crippen LogP contribution in [0.5, 0.6) is 5.75 Å². The van der Waals surface area contributed by atoms with Crippen molar-refractivity contribution in [2.45, 2.75) is 32.0 Å². The van der Waals surface area contributed by atoms with Crippen molar-refractivity contribution >= 4 is 11.8 Å². The van der Waals surface area contributed by atoms with Crippen molar-refractivity contribution in [3.8, 4) is 17.0 Å². The van der Waals surface area contributed by atoms with Crippen molar-refractivity contribution < 1.29 is 28.2 Å². The Kier molecular flexibility index (Phi) is 5.65. The molecule has 1 aromatic carbocycles. The number of benzene rings is 1. The highest BCUT2D eigenvalue weighted by atomic mass is 19.4. The van der Waals surface area contributed by atoms with Gasteiger partial charge in [-0.25, -0.2) is 4.79 Å². The predicted molar refractivity (Wildman–Crippen MR) is 100.0 cm³/mol. The Balaban J connectivity index is 2.00. The van der Waals surface area contributed by atoms with Crippen LogP contribution in [0.25, 0.3) is 11.3 Å². The minimum absolute atomic E-state index is 0.00544. The number of halogens is 3. The summed E-state index contributed by atoms with van der Waals surface area (Å²) in [6.07, 6.45) is -2.80. The van der Waals surface area contributed by atoms with Gasteiger partial charge in [-0.05, 0) is 57.1 Å². The Labute approximate surface area is 165 Å². The molecule has 3 rings (SSSR count). The Hall–Kier alpha value is -2.88. The van der Waals surface area contributed by atoms with Gasteiger partial charge in [0.2, 0.25) is 0 Å². The van der Waals surface area contributed by atoms with E-state index in [1.807, 2.05) is 7.05 Å². The van der Waals surface area contributed by atoms with Crippen molar-refractivity contribution in [3.63, 3.8) is 0 Å². The summed E-state index contributed by atoms with van der Waals surface area (Å²) < 4.78 is 38.5. The molecule has 10 heteroatoms. The summed E-state index contributed by atoms with van der Waals surface area (Å²) in [7, 11) is 1.97. The molecule has 3 N–H and O–H groups in total. The second-order valence-electron chi connectivity index (χ2n) is 7.18. The number of piperidine rings is 1. The monoisotopic (exact) mass is 410 g/mol. The molecular formula is C19H21F3N4O3. The van der Waals surface area contributed by atoms with Gasteiger partial charge in [-0.15, -0.1) is 10.2 Å². The van der Waals surface area contributed by atoms with E-state index >= 15 is 0 Å². The van der Waals surface area contributed by atoms with Gasteiger partial charge in [0.15, 0.2) is 5.82 Å². The lowest BCUT2D eigenvalue weighted by Crippen LogP contribution is -2.40. The number of nitrogens with zero attached hydrogens (tertiary/aromatic N) is 3. The quantitative estimate of drug-likeness (QED) is 0.711. The fourth-order valence-corrected chi connectivity index (χ4v) is 3.53. The fourth-order valence-electron chi connectivity index (χ4n) is 3.53. The van der Waals surface area contributed by atoms with Gasteiger partial charge in [-0.2, -0.15) is 13.2 Å². The number of likely N-dealkylation sites (N-methyl/N-ethyl adjacent to an activating group) is 1. The maximum Gasteiger partial charge on any atom is 0.416 e. The number of carboxylic acid groups (broad SMARTS) is 1. The predicted octanol–water partition coefficient (Wildman–Crippen LogP) is 3.38. The first-order chi connectivity index (χ1) is 13.6. The first kappa shape index (κ1) is 20.8. The number of rotatable bonds is 4. The maximum absolute atomic E-state index is 12.8. The van der Waals surface area contributed by atoms with Crippen LogP contribution in [0, 0.1) is 6.92 Å². The molecule has 2 aromatic rings. The van der Waals surface area contributed by atoms with Crippen LogP contribution in [0.2, 0.25) is 0 Å². The van der Waals surface area contributed by atoms with Gasteiger partial charge in [0.1, 0.15) is 17.0 Å². The maximum atomic E-state index is 12.8. The lowest BCUT2D eigenvalue weighted by molar-refractivity contribution is -0.137. The molecule has 156 valence electrons. The van der Waals surface area contributed by atoms with Crippen molar-refractivity contribution in [1.82, 2.24) is 15.1 Å². The second kappa shape index (κ2) is 7.86. The van der Waals surface area contributed by atoms with E-state index < -0.39 is 23.5 Å². The van der Waals surface area contributed by atoms with E-state index in [-0.39, 0.29) is 34.2 Å². The molecule has 1 aliphatic heterocycles. The Bertz CT molecular complexity index is 934. The summed E-state index contributed by atoms with van der Waals surface area (Å²) in [5, 5.41) is 30.9. The van der Waals surface area contributed by atoms with Crippen LogP contribution in [0.3, 0.4) is 0 Å². The third-order valence-electron chi connectivity index (χ3n) is 4.98. The highest BCUT2D eigenvalue weighted by Crippen LogP contribution is 2.37. The minimum Gasteiger partial charge on any atom is -0.507 e. The molecule has 1 aliphatic rings. The van der Waals surface area contributed by atoms with E-state index in [1.54, 1.807) is 0 Å². The lowest BCUT2D eigenvalue weighted by atomic mass is 10.00. The molecule has 0 saturated carbocycles. The van der Waals surface area contributed by atoms with Crippen molar-refractivity contribution in [1.29, 1.82) is 0 Å². The first-order valence-electron chi connectivity index (χ1n) is 9.04. The number of likely N-dealkylation sites (tertiary alicyclic amines) is 1. The van der Waals surface area contributed by atoms with E-state index in [4.69, 9.17) is 0 Å². The number of hydrogen-bond donors (Lipinski definition) is 3. The molecule has 2 heterocycles. The van der Waals surface area contributed by atoms with Crippen LogP contribution in [0.15, 0.2) is 18.2 Å². The summed E-state index contributed by atoms with van der Waals surface area (Å²) in [4.78, 5) is 14.0. The molecule has 0 spiro atoms. The van der Waals surface area contributed by atoms with E-state index in [0.717, 1.165) is 38.1 Å². The molecule has 1 aromatic heterocycles. The van der Waals surface area contributed by atoms with E-state index in [1.165, 1.54) is 6.92 Å². The lowest BCUT2D eigenvalue weighted by Gasteiger charge is -2.30. The Morgan fingerprint density at radius 3 is 2.62 bits per heavy atom. The van der Waals surface area contributed by atoms with Gasteiger partial charge in [0.05, 0.1) is 5.56 Å². The molecule has 1 saturated heterocycles. The van der Waals surface area contributed by atoms with Crippen molar-refractivity contribution in [3.05, 3.63) is 34.9 Å². The van der Waals surface area contributed by atoms with Gasteiger partial charge in [-0.3, -0.25) is 0 Å². The third kappa shape index (κ3) is 4.42. The number of anilines is 1. The van der Waals surface area contributed by atoms with E-state index in [9.17, 15) is 28.2 Å². The average molecular weight is 410 g/mol. The Morgan fingerprint density at radius 2 is 2.03 bits per heavy atom. The fraction of sp³-hybridized carbons (Fsp3) is 0.421. The molecule has 0 amide bonds. The molecule has 0 aliphatic carbocycles. The number of hydrogen-bond acceptors (Lipinski definition) is 6. The SMILES string of the molecule is Cc1c(-c2ccc(C(F)(F)F)cc2O)nnc(NC2CCCN(C)C2)c1C(=O)O. The summed E-state index contributed by atoms with van der Waals surface area (Å²) in [5.74, 6) is -1.79. The summed E-state index contributed by atoms with van der Waals surface area (Å²) in [6, 6.07) is 2.46. The second-order valence-corrected chi connectivity index (χ2v) is 7.18. The van der Waals surface area contributed by atoms with Crippen molar-refractivity contribution in [2.75, 3.05) is 25.5 Å². The molecule has 7 nitrogen and oxygen atoms in total. The number of phenols is 1. The van der Waals surface area contributed by atoms with Crippen LogP contribution in [-0.4, -0.2) is 57.5 Å². The van der Waals surface area contributed by atoms with Crippen molar-refractivity contribution in [2.24, 2.45) is 0 Å². The zero-order chi connectivity index (χ0) is 21.3. The van der Waals surface area contributed by atoms with Crippen LogP contribution < -0.4 is 5.32 Å². The minimum atomic E-state index is -4.61. The molecule has 1 unspecified atom stereocenters. The number of aromatic nitrogens is 2. The smallest absolute Gasteiger partial charge is 0.416 e. The first-order valence-corrected chi connectivity index (χ1v) is 9.04. The van der Waals surface area contributed by atoms with Gasteiger partial charge in [0.25, 0.3) is 0 Å². The molecule has 1 fully saturated rings. The topological polar surface area (TPSA) is 98.6 Å². The largest absolute Gasteiger partial charge is 0.507 e. The van der Waals surface area contributed by atoms with Gasteiger partial charge < -0.3 is 20.4 Å². The standard InChI is InChI=1S/C19H21F3N4O3/c1-10-15(18(28)29)17(23-12-4-3-7-26(2)9-12)25-24-16(10)13-6-5-11(8-14(13)27)19(20,21)22/h5-6,8,12,27H,3-4,7,9H2,1-2H3,(H,23,25)(H,28,29). The summed E-state index contributed by atoms with van der Waals surface area (Å²) in [5.41, 5.74) is -0.936. The highest BCUT2D eigenvalue weighted by Gasteiger charge is 2.32. The number of aromatic hydroxyl groups is 1. The molecule has 1 atom stereocenters. The Morgan fingerprint density at radius 1 is 1.31 bits per heavy atom. The van der Waals surface area contributed by atoms with E-state index in [2.05, 4.69) is 20.4 Å². The number of phenolic OH excluding ortho intramolecular Hbond substituents is 1. The summed E-state index contributed by atoms with van der Waals surface area (Å²) in [6.45, 7) is 3.17. The van der Waals surface area contributed by atoms with Crippen LogP contribution in [-0.2, 0) is 6.18 Å². The number of nitrogens with one attached hydrogen (secondary N) is 1. The van der Waals surface area contributed by atoms with Gasteiger partial charge >= 0.3 is 12.1 Å². The molecule has 29 heavy (non-hydrogen) atoms. The normalized spacial score (nSPS) is 17.9. The number of carboxylic acids is 1. The molecular weight excluding hydrogens is 389 g/mol. The highest BCUT2D eigenvalue weighted by molar-refractivity contribution is 5.96. The third-order valence-corrected chi connectivity index (χ3v) is 4.98. The molecule has 0 bridgehead atoms. The average Bonchev–Trinajstić information content (AvgIpc) is 2.61. The van der Waals surface area contributed by atoms with Crippen LogP contribution in [0.4, 0.5) is 19.0 Å². The zero-order valence-corrected chi connectivity index (χ0v) is 15.9. The number of carbonyl (C=O) groups is 1. The van der Waals surface area contributed by atoms with Gasteiger partial charge in [-0.1, -0.05) is 0 Å². The molecule has 0 radical (unpaired) electrons. The van der Waals surface area contributed by atoms with Crippen LogP contribution >= 0.6 is 0 Å². The van der Waals surface area contributed by atoms with Crippen LogP contribution in [0.1, 0.15) is 34.3 Å². The number of alkyl halides is 3. The summed E-state index contributed by atoms with van der Waals surface area (Å²) >= 11 is 0. The zero-order valence-electron chi connectivity index (χ0n) is 15.9. The number of aromatic carboxylic acids is 1. The van der Waals surface area contributed by atoms with E-state index in [0.29, 0.717) is 6.07 Å².